The number of amides is 1. The van der Waals surface area contributed by atoms with E-state index in [2.05, 4.69) is 20.9 Å². The van der Waals surface area contributed by atoms with Crippen LogP contribution < -0.4 is 16.0 Å². The van der Waals surface area contributed by atoms with Crippen LogP contribution in [0.25, 0.3) is 0 Å². The number of carbonyl (C=O) groups excluding carboxylic acids is 1. The SMILES string of the molecule is CN=C(NCc1cccc(NC(=O)c2ccco2)c1)NC(C)COC. The molecule has 7 nitrogen and oxygen atoms in total. The summed E-state index contributed by atoms with van der Waals surface area (Å²) in [5.74, 6) is 0.691. The fourth-order valence-electron chi connectivity index (χ4n) is 2.26. The van der Waals surface area contributed by atoms with E-state index in [0.717, 1.165) is 5.56 Å². The highest BCUT2D eigenvalue weighted by Crippen LogP contribution is 2.12. The molecule has 1 heterocycles. The Hall–Kier alpha value is -2.80. The van der Waals surface area contributed by atoms with Crippen LogP contribution in [0.2, 0.25) is 0 Å². The average molecular weight is 344 g/mol. The van der Waals surface area contributed by atoms with Gasteiger partial charge in [-0.1, -0.05) is 12.1 Å². The summed E-state index contributed by atoms with van der Waals surface area (Å²) in [6, 6.07) is 11.0. The van der Waals surface area contributed by atoms with Gasteiger partial charge >= 0.3 is 0 Å². The molecule has 0 saturated heterocycles. The summed E-state index contributed by atoms with van der Waals surface area (Å²) in [6.07, 6.45) is 1.47. The summed E-state index contributed by atoms with van der Waals surface area (Å²) >= 11 is 0. The predicted molar refractivity (Wildman–Crippen MR) is 97.8 cm³/mol. The average Bonchev–Trinajstić information content (AvgIpc) is 3.14. The number of benzene rings is 1. The number of anilines is 1. The summed E-state index contributed by atoms with van der Waals surface area (Å²) in [7, 11) is 3.38. The fraction of sp³-hybridized carbons (Fsp3) is 0.333. The minimum absolute atomic E-state index is 0.148. The van der Waals surface area contributed by atoms with E-state index in [0.29, 0.717) is 24.8 Å². The Morgan fingerprint density at radius 1 is 1.32 bits per heavy atom. The van der Waals surface area contributed by atoms with Gasteiger partial charge in [0.2, 0.25) is 0 Å². The summed E-state index contributed by atoms with van der Waals surface area (Å²) in [5.41, 5.74) is 1.72. The van der Waals surface area contributed by atoms with Crippen LogP contribution in [0.5, 0.6) is 0 Å². The third-order valence-electron chi connectivity index (χ3n) is 3.41. The van der Waals surface area contributed by atoms with Crippen molar-refractivity contribution >= 4 is 17.6 Å². The molecule has 7 heteroatoms. The van der Waals surface area contributed by atoms with E-state index in [1.165, 1.54) is 6.26 Å². The third kappa shape index (κ3) is 5.96. The molecule has 0 aliphatic heterocycles. The monoisotopic (exact) mass is 344 g/mol. The van der Waals surface area contributed by atoms with Crippen molar-refractivity contribution < 1.29 is 13.9 Å². The Morgan fingerprint density at radius 3 is 2.84 bits per heavy atom. The molecule has 0 spiro atoms. The van der Waals surface area contributed by atoms with Gasteiger partial charge in [-0.2, -0.15) is 0 Å². The second kappa shape index (κ2) is 9.48. The van der Waals surface area contributed by atoms with Gasteiger partial charge in [0, 0.05) is 32.4 Å². The van der Waals surface area contributed by atoms with Gasteiger partial charge in [-0.25, -0.2) is 0 Å². The maximum absolute atomic E-state index is 12.0. The molecule has 0 saturated carbocycles. The molecule has 25 heavy (non-hydrogen) atoms. The zero-order chi connectivity index (χ0) is 18.1. The van der Waals surface area contributed by atoms with E-state index in [9.17, 15) is 4.79 Å². The third-order valence-corrected chi connectivity index (χ3v) is 3.41. The molecule has 2 rings (SSSR count). The first kappa shape index (κ1) is 18.5. The quantitative estimate of drug-likeness (QED) is 0.529. The first-order chi connectivity index (χ1) is 12.1. The maximum atomic E-state index is 12.0. The van der Waals surface area contributed by atoms with Crippen LogP contribution in [-0.4, -0.2) is 38.7 Å². The summed E-state index contributed by atoms with van der Waals surface area (Å²) in [4.78, 5) is 16.2. The smallest absolute Gasteiger partial charge is 0.291 e. The Labute approximate surface area is 147 Å². The van der Waals surface area contributed by atoms with Gasteiger partial charge in [-0.05, 0) is 36.8 Å². The van der Waals surface area contributed by atoms with Crippen molar-refractivity contribution in [2.24, 2.45) is 4.99 Å². The molecule has 0 fully saturated rings. The minimum Gasteiger partial charge on any atom is -0.459 e. The fourth-order valence-corrected chi connectivity index (χ4v) is 2.26. The van der Waals surface area contributed by atoms with Crippen molar-refractivity contribution in [2.75, 3.05) is 26.1 Å². The van der Waals surface area contributed by atoms with E-state index in [4.69, 9.17) is 9.15 Å². The van der Waals surface area contributed by atoms with E-state index in [-0.39, 0.29) is 17.7 Å². The van der Waals surface area contributed by atoms with Gasteiger partial charge in [-0.15, -0.1) is 0 Å². The van der Waals surface area contributed by atoms with Crippen molar-refractivity contribution in [1.29, 1.82) is 0 Å². The highest BCUT2D eigenvalue weighted by atomic mass is 16.5. The van der Waals surface area contributed by atoms with Crippen LogP contribution in [0, 0.1) is 0 Å². The molecule has 1 unspecified atom stereocenters. The molecular weight excluding hydrogens is 320 g/mol. The lowest BCUT2D eigenvalue weighted by Gasteiger charge is -2.17. The molecule has 1 aromatic heterocycles. The van der Waals surface area contributed by atoms with Crippen LogP contribution in [0.4, 0.5) is 5.69 Å². The zero-order valence-corrected chi connectivity index (χ0v) is 14.7. The molecule has 3 N–H and O–H groups in total. The molecule has 0 bridgehead atoms. The maximum Gasteiger partial charge on any atom is 0.291 e. The first-order valence-electron chi connectivity index (χ1n) is 8.02. The van der Waals surface area contributed by atoms with Crippen LogP contribution in [0.3, 0.4) is 0 Å². The van der Waals surface area contributed by atoms with Gasteiger partial charge in [-0.3, -0.25) is 9.79 Å². The molecule has 134 valence electrons. The van der Waals surface area contributed by atoms with Gasteiger partial charge < -0.3 is 25.1 Å². The number of methoxy groups -OCH3 is 1. The van der Waals surface area contributed by atoms with Crippen molar-refractivity contribution in [2.45, 2.75) is 19.5 Å². The number of rotatable bonds is 7. The summed E-state index contributed by atoms with van der Waals surface area (Å²) in [6.45, 7) is 3.18. The molecular formula is C18H24N4O3. The molecule has 1 atom stereocenters. The normalized spacial score (nSPS) is 12.5. The Balaban J connectivity index is 1.91. The number of ether oxygens (including phenoxy) is 1. The summed E-state index contributed by atoms with van der Waals surface area (Å²) in [5, 5.41) is 9.28. The van der Waals surface area contributed by atoms with Crippen LogP contribution in [0.15, 0.2) is 52.1 Å². The number of aliphatic imine (C=N–C) groups is 1. The number of nitrogens with zero attached hydrogens (tertiary/aromatic N) is 1. The topological polar surface area (TPSA) is 87.9 Å². The number of hydrogen-bond donors (Lipinski definition) is 3. The van der Waals surface area contributed by atoms with Crippen LogP contribution in [0.1, 0.15) is 23.0 Å². The highest BCUT2D eigenvalue weighted by Gasteiger charge is 2.09. The Bertz CT molecular complexity index is 698. The van der Waals surface area contributed by atoms with Crippen molar-refractivity contribution in [1.82, 2.24) is 10.6 Å². The standard InChI is InChI=1S/C18H24N4O3/c1-13(12-24-3)21-18(19-2)20-11-14-6-4-7-15(10-14)22-17(23)16-8-5-9-25-16/h4-10,13H,11-12H2,1-3H3,(H,22,23)(H2,19,20,21). The molecule has 2 aromatic rings. The molecule has 1 amide bonds. The van der Waals surface area contributed by atoms with E-state index in [1.807, 2.05) is 31.2 Å². The van der Waals surface area contributed by atoms with Crippen LogP contribution >= 0.6 is 0 Å². The number of nitrogens with one attached hydrogen (secondary N) is 3. The highest BCUT2D eigenvalue weighted by molar-refractivity contribution is 6.02. The predicted octanol–water partition coefficient (Wildman–Crippen LogP) is 2.23. The van der Waals surface area contributed by atoms with E-state index < -0.39 is 0 Å². The zero-order valence-electron chi connectivity index (χ0n) is 14.7. The first-order valence-corrected chi connectivity index (χ1v) is 8.02. The molecule has 0 aliphatic carbocycles. The van der Waals surface area contributed by atoms with Crippen molar-refractivity contribution in [3.05, 3.63) is 54.0 Å². The Kier molecular flexibility index (Phi) is 7.03. The molecule has 0 aliphatic rings. The van der Waals surface area contributed by atoms with Gasteiger partial charge in [0.1, 0.15) is 0 Å². The number of hydrogen-bond acceptors (Lipinski definition) is 4. The van der Waals surface area contributed by atoms with Gasteiger partial charge in [0.15, 0.2) is 11.7 Å². The summed E-state index contributed by atoms with van der Waals surface area (Å²) < 4.78 is 10.2. The van der Waals surface area contributed by atoms with Crippen LogP contribution in [-0.2, 0) is 11.3 Å². The Morgan fingerprint density at radius 2 is 2.16 bits per heavy atom. The minimum atomic E-state index is -0.277. The van der Waals surface area contributed by atoms with Gasteiger partial charge in [0.25, 0.3) is 5.91 Å². The van der Waals surface area contributed by atoms with Gasteiger partial charge in [0.05, 0.1) is 12.9 Å². The number of furan rings is 1. The lowest BCUT2D eigenvalue weighted by Crippen LogP contribution is -2.43. The van der Waals surface area contributed by atoms with Crippen molar-refractivity contribution in [3.8, 4) is 0 Å². The second-order valence-electron chi connectivity index (χ2n) is 5.56. The van der Waals surface area contributed by atoms with E-state index >= 15 is 0 Å². The lowest BCUT2D eigenvalue weighted by atomic mass is 10.2. The van der Waals surface area contributed by atoms with E-state index in [1.54, 1.807) is 26.3 Å². The number of carbonyl (C=O) groups is 1. The lowest BCUT2D eigenvalue weighted by molar-refractivity contribution is 0.0996. The number of guanidine groups is 1. The second-order valence-corrected chi connectivity index (χ2v) is 5.56. The van der Waals surface area contributed by atoms with Crippen molar-refractivity contribution in [3.63, 3.8) is 0 Å². The molecule has 0 radical (unpaired) electrons. The molecule has 1 aromatic carbocycles. The largest absolute Gasteiger partial charge is 0.459 e.